The minimum absolute atomic E-state index is 0.0230. The lowest BCUT2D eigenvalue weighted by Crippen LogP contribution is -2.22. The summed E-state index contributed by atoms with van der Waals surface area (Å²) in [5.74, 6) is -1.12. The Balaban J connectivity index is 2.20. The van der Waals surface area contributed by atoms with Crippen molar-refractivity contribution in [3.8, 4) is 0 Å². The topological polar surface area (TPSA) is 83.5 Å². The van der Waals surface area contributed by atoms with Gasteiger partial charge < -0.3 is 5.11 Å². The SMILES string of the molecule is Cc1ccc(CNS(=O)(=O)c2cc(C(=O)O)sc2C)s1. The maximum Gasteiger partial charge on any atom is 0.345 e. The predicted octanol–water partition coefficient (Wildman–Crippen LogP) is 2.60. The fraction of sp³-hybridized carbons (Fsp3) is 0.250. The van der Waals surface area contributed by atoms with Crippen LogP contribution in [-0.4, -0.2) is 19.5 Å². The van der Waals surface area contributed by atoms with Gasteiger partial charge in [-0.2, -0.15) is 0 Å². The summed E-state index contributed by atoms with van der Waals surface area (Å²) in [4.78, 5) is 13.4. The highest BCUT2D eigenvalue weighted by Crippen LogP contribution is 2.26. The van der Waals surface area contributed by atoms with Crippen LogP contribution in [0.25, 0.3) is 0 Å². The first kappa shape index (κ1) is 15.2. The van der Waals surface area contributed by atoms with Crippen LogP contribution in [-0.2, 0) is 16.6 Å². The maximum absolute atomic E-state index is 12.2. The lowest BCUT2D eigenvalue weighted by molar-refractivity contribution is 0.0702. The second-order valence-corrected chi connectivity index (χ2v) is 8.54. The zero-order valence-electron chi connectivity index (χ0n) is 10.8. The van der Waals surface area contributed by atoms with Crippen molar-refractivity contribution < 1.29 is 18.3 Å². The van der Waals surface area contributed by atoms with Crippen LogP contribution in [0.15, 0.2) is 23.1 Å². The summed E-state index contributed by atoms with van der Waals surface area (Å²) >= 11 is 2.48. The second kappa shape index (κ2) is 5.65. The Morgan fingerprint density at radius 3 is 2.50 bits per heavy atom. The van der Waals surface area contributed by atoms with Crippen molar-refractivity contribution in [1.82, 2.24) is 4.72 Å². The van der Waals surface area contributed by atoms with Gasteiger partial charge >= 0.3 is 5.97 Å². The molecule has 0 aliphatic rings. The maximum atomic E-state index is 12.2. The molecular weight excluding hydrogens is 318 g/mol. The van der Waals surface area contributed by atoms with Gasteiger partial charge in [-0.05, 0) is 32.0 Å². The van der Waals surface area contributed by atoms with Crippen LogP contribution in [0.1, 0.15) is 24.3 Å². The third-order valence-electron chi connectivity index (χ3n) is 2.60. The first-order valence-electron chi connectivity index (χ1n) is 5.68. The molecule has 20 heavy (non-hydrogen) atoms. The number of sulfonamides is 1. The summed E-state index contributed by atoms with van der Waals surface area (Å²) in [7, 11) is -3.69. The first-order chi connectivity index (χ1) is 9.29. The summed E-state index contributed by atoms with van der Waals surface area (Å²) in [5.41, 5.74) is 0. The Morgan fingerprint density at radius 1 is 1.30 bits per heavy atom. The fourth-order valence-corrected chi connectivity index (χ4v) is 5.02. The summed E-state index contributed by atoms with van der Waals surface area (Å²) in [5, 5.41) is 8.90. The van der Waals surface area contributed by atoms with Crippen LogP contribution in [0.4, 0.5) is 0 Å². The molecule has 0 unspecified atom stereocenters. The van der Waals surface area contributed by atoms with E-state index in [1.54, 1.807) is 6.92 Å². The van der Waals surface area contributed by atoms with E-state index in [0.717, 1.165) is 21.1 Å². The molecule has 0 bridgehead atoms. The van der Waals surface area contributed by atoms with Crippen LogP contribution in [0.2, 0.25) is 0 Å². The van der Waals surface area contributed by atoms with Crippen molar-refractivity contribution in [1.29, 1.82) is 0 Å². The number of nitrogens with one attached hydrogen (secondary N) is 1. The Bertz CT molecular complexity index is 743. The molecule has 0 atom stereocenters. The van der Waals surface area contributed by atoms with Crippen molar-refractivity contribution in [3.63, 3.8) is 0 Å². The van der Waals surface area contributed by atoms with Crippen LogP contribution < -0.4 is 4.72 Å². The summed E-state index contributed by atoms with van der Waals surface area (Å²) in [6, 6.07) is 4.99. The standard InChI is InChI=1S/C12H13NO4S3/c1-7-3-4-9(18-7)6-13-20(16,17)11-5-10(12(14)15)19-8(11)2/h3-5,13H,6H2,1-2H3,(H,14,15). The fourth-order valence-electron chi connectivity index (χ4n) is 1.66. The zero-order chi connectivity index (χ0) is 14.9. The molecule has 2 rings (SSSR count). The number of rotatable bonds is 5. The molecule has 2 heterocycles. The van der Waals surface area contributed by atoms with Crippen LogP contribution >= 0.6 is 22.7 Å². The third-order valence-corrected chi connectivity index (χ3v) is 6.30. The van der Waals surface area contributed by atoms with E-state index < -0.39 is 16.0 Å². The molecule has 2 N–H and O–H groups in total. The van der Waals surface area contributed by atoms with Crippen LogP contribution in [0.3, 0.4) is 0 Å². The minimum atomic E-state index is -3.69. The molecule has 0 saturated heterocycles. The smallest absolute Gasteiger partial charge is 0.345 e. The third kappa shape index (κ3) is 3.26. The Morgan fingerprint density at radius 2 is 2.00 bits per heavy atom. The number of hydrogen-bond donors (Lipinski definition) is 2. The van der Waals surface area contributed by atoms with Crippen molar-refractivity contribution in [2.24, 2.45) is 0 Å². The number of carboxylic acid groups (broad SMARTS) is 1. The molecule has 0 spiro atoms. The quantitative estimate of drug-likeness (QED) is 0.882. The summed E-state index contributed by atoms with van der Waals surface area (Å²) in [6.45, 7) is 3.75. The Labute approximate surface area is 124 Å². The molecule has 0 radical (unpaired) electrons. The molecule has 8 heteroatoms. The van der Waals surface area contributed by atoms with Gasteiger partial charge in [0.05, 0.1) is 4.90 Å². The average Bonchev–Trinajstić information content (AvgIpc) is 2.93. The Kier molecular flexibility index (Phi) is 4.28. The van der Waals surface area contributed by atoms with E-state index in [4.69, 9.17) is 5.11 Å². The van der Waals surface area contributed by atoms with E-state index >= 15 is 0 Å². The average molecular weight is 331 g/mol. The van der Waals surface area contributed by atoms with E-state index in [9.17, 15) is 13.2 Å². The molecule has 2 aromatic heterocycles. The van der Waals surface area contributed by atoms with Gasteiger partial charge in [0.2, 0.25) is 10.0 Å². The summed E-state index contributed by atoms with van der Waals surface area (Å²) < 4.78 is 26.8. The molecule has 2 aromatic rings. The number of aryl methyl sites for hydroxylation is 2. The zero-order valence-corrected chi connectivity index (χ0v) is 13.3. The number of carbonyl (C=O) groups is 1. The van der Waals surface area contributed by atoms with Gasteiger partial charge in [-0.3, -0.25) is 0 Å². The Hall–Kier alpha value is -1.22. The highest BCUT2D eigenvalue weighted by atomic mass is 32.2. The molecule has 0 saturated carbocycles. The molecule has 0 amide bonds. The van der Waals surface area contributed by atoms with Gasteiger partial charge in [0.25, 0.3) is 0 Å². The lowest BCUT2D eigenvalue weighted by Gasteiger charge is -2.04. The van der Waals surface area contributed by atoms with E-state index in [0.29, 0.717) is 4.88 Å². The molecule has 0 aromatic carbocycles. The van der Waals surface area contributed by atoms with Crippen molar-refractivity contribution >= 4 is 38.7 Å². The van der Waals surface area contributed by atoms with Crippen molar-refractivity contribution in [3.05, 3.63) is 37.7 Å². The van der Waals surface area contributed by atoms with Gasteiger partial charge in [0, 0.05) is 21.2 Å². The largest absolute Gasteiger partial charge is 0.477 e. The minimum Gasteiger partial charge on any atom is -0.477 e. The van der Waals surface area contributed by atoms with Gasteiger partial charge in [-0.25, -0.2) is 17.9 Å². The normalized spacial score (nSPS) is 11.7. The highest BCUT2D eigenvalue weighted by molar-refractivity contribution is 7.89. The number of aromatic carboxylic acids is 1. The van der Waals surface area contributed by atoms with Gasteiger partial charge in [-0.15, -0.1) is 22.7 Å². The molecule has 108 valence electrons. The van der Waals surface area contributed by atoms with Gasteiger partial charge in [0.15, 0.2) is 0 Å². The number of thiophene rings is 2. The van der Waals surface area contributed by atoms with Gasteiger partial charge in [-0.1, -0.05) is 0 Å². The van der Waals surface area contributed by atoms with Crippen molar-refractivity contribution in [2.75, 3.05) is 0 Å². The van der Waals surface area contributed by atoms with E-state index in [-0.39, 0.29) is 16.3 Å². The molecule has 5 nitrogen and oxygen atoms in total. The van der Waals surface area contributed by atoms with E-state index in [1.807, 2.05) is 19.1 Å². The van der Waals surface area contributed by atoms with Crippen LogP contribution in [0.5, 0.6) is 0 Å². The highest BCUT2D eigenvalue weighted by Gasteiger charge is 2.22. The van der Waals surface area contributed by atoms with E-state index in [1.165, 1.54) is 17.4 Å². The monoisotopic (exact) mass is 331 g/mol. The lowest BCUT2D eigenvalue weighted by atomic mass is 10.4. The summed E-state index contributed by atoms with van der Waals surface area (Å²) in [6.07, 6.45) is 0. The van der Waals surface area contributed by atoms with Crippen molar-refractivity contribution in [2.45, 2.75) is 25.3 Å². The van der Waals surface area contributed by atoms with Crippen LogP contribution in [0, 0.1) is 13.8 Å². The predicted molar refractivity (Wildman–Crippen MR) is 79.1 cm³/mol. The van der Waals surface area contributed by atoms with Gasteiger partial charge in [0.1, 0.15) is 4.88 Å². The first-order valence-corrected chi connectivity index (χ1v) is 8.80. The van der Waals surface area contributed by atoms with E-state index in [2.05, 4.69) is 4.72 Å². The second-order valence-electron chi connectivity index (χ2n) is 4.17. The molecule has 0 aliphatic heterocycles. The molecule has 0 aliphatic carbocycles. The number of hydrogen-bond acceptors (Lipinski definition) is 5. The molecular formula is C12H13NO4S3. The number of carboxylic acids is 1. The molecule has 0 fully saturated rings.